The van der Waals surface area contributed by atoms with Crippen LogP contribution in [0.3, 0.4) is 0 Å². The van der Waals surface area contributed by atoms with Gasteiger partial charge in [0.15, 0.2) is 5.76 Å². The van der Waals surface area contributed by atoms with Crippen molar-refractivity contribution < 1.29 is 18.7 Å². The van der Waals surface area contributed by atoms with Gasteiger partial charge in [0.2, 0.25) is 5.76 Å². The van der Waals surface area contributed by atoms with Crippen LogP contribution in [0.5, 0.6) is 5.95 Å². The number of esters is 1. The van der Waals surface area contributed by atoms with E-state index in [0.29, 0.717) is 17.8 Å². The van der Waals surface area contributed by atoms with E-state index in [9.17, 15) is 4.79 Å². The second-order valence-corrected chi connectivity index (χ2v) is 11.5. The van der Waals surface area contributed by atoms with Crippen molar-refractivity contribution in [2.45, 2.75) is 123 Å². The van der Waals surface area contributed by atoms with Gasteiger partial charge < -0.3 is 13.9 Å². The predicted octanol–water partition coefficient (Wildman–Crippen LogP) is 9.90. The molecule has 5 nitrogen and oxygen atoms in total. The number of methoxy groups -OCH3 is 1. The highest BCUT2D eigenvalue weighted by molar-refractivity contribution is 6.06. The second-order valence-electron chi connectivity index (χ2n) is 11.5. The van der Waals surface area contributed by atoms with Crippen LogP contribution in [0.1, 0.15) is 134 Å². The van der Waals surface area contributed by atoms with Gasteiger partial charge in [-0.3, -0.25) is 0 Å². The number of carbonyl (C=O) groups excluding carboxylic acids is 1. The zero-order valence-electron chi connectivity index (χ0n) is 24.6. The Kier molecular flexibility index (Phi) is 11.5. The molecule has 2 aliphatic carbocycles. The van der Waals surface area contributed by atoms with Crippen molar-refractivity contribution in [3.05, 3.63) is 52.6 Å². The average molecular weight is 536 g/mol. The van der Waals surface area contributed by atoms with Crippen LogP contribution in [-0.4, -0.2) is 18.8 Å². The van der Waals surface area contributed by atoms with Gasteiger partial charge in [0.1, 0.15) is 5.70 Å². The molecule has 0 bridgehead atoms. The van der Waals surface area contributed by atoms with Crippen molar-refractivity contribution in [3.8, 4) is 5.95 Å². The molecule has 1 saturated carbocycles. The minimum absolute atomic E-state index is 0.142. The molecule has 1 aromatic rings. The Morgan fingerprint density at radius 1 is 0.923 bits per heavy atom. The molecule has 5 heteroatoms. The summed E-state index contributed by atoms with van der Waals surface area (Å²) in [6, 6.07) is 3.27. The summed E-state index contributed by atoms with van der Waals surface area (Å²) in [5, 5.41) is 0. The molecule has 2 unspecified atom stereocenters. The van der Waals surface area contributed by atoms with Crippen LogP contribution in [0, 0.1) is 11.8 Å². The van der Waals surface area contributed by atoms with Gasteiger partial charge in [-0.1, -0.05) is 97.0 Å². The third-order valence-electron chi connectivity index (χ3n) is 8.51. The minimum Gasteiger partial charge on any atom is -0.463 e. The summed E-state index contributed by atoms with van der Waals surface area (Å²) in [6.07, 6.45) is 26.2. The number of hydrogen-bond acceptors (Lipinski definition) is 5. The number of aliphatic imine (C=N–C) groups is 1. The number of fused-ring (bicyclic) bond motifs is 2. The normalized spacial score (nSPS) is 20.2. The van der Waals surface area contributed by atoms with Gasteiger partial charge in [0, 0.05) is 17.7 Å². The van der Waals surface area contributed by atoms with Crippen LogP contribution < -0.4 is 4.74 Å². The van der Waals surface area contributed by atoms with E-state index >= 15 is 0 Å². The van der Waals surface area contributed by atoms with E-state index in [1.54, 1.807) is 12.1 Å². The SMILES string of the molecule is CCCCCCCCC1C=CC(Oc2ccc(C(=O)OC)o2)=C2N=C3CCCC(CCCCCCCC)C3=C21. The van der Waals surface area contributed by atoms with Gasteiger partial charge in [-0.25, -0.2) is 9.79 Å². The average Bonchev–Trinajstić information content (AvgIpc) is 3.59. The van der Waals surface area contributed by atoms with Crippen molar-refractivity contribution in [3.63, 3.8) is 0 Å². The maximum absolute atomic E-state index is 11.9. The van der Waals surface area contributed by atoms with Gasteiger partial charge in [-0.15, -0.1) is 0 Å². The van der Waals surface area contributed by atoms with Crippen LogP contribution in [0.15, 0.2) is 56.3 Å². The Labute approximate surface area is 235 Å². The summed E-state index contributed by atoms with van der Waals surface area (Å²) in [5.74, 6) is 1.64. The molecule has 0 aromatic carbocycles. The Balaban J connectivity index is 1.53. The fraction of sp³-hybridized carbons (Fsp3) is 0.647. The topological polar surface area (TPSA) is 61.0 Å². The van der Waals surface area contributed by atoms with Crippen molar-refractivity contribution in [2.75, 3.05) is 7.11 Å². The number of carbonyl (C=O) groups is 1. The van der Waals surface area contributed by atoms with E-state index in [1.807, 2.05) is 0 Å². The van der Waals surface area contributed by atoms with Gasteiger partial charge in [0.05, 0.1) is 7.11 Å². The molecule has 0 radical (unpaired) electrons. The lowest BCUT2D eigenvalue weighted by atomic mass is 9.74. The van der Waals surface area contributed by atoms with Crippen LogP contribution in [0.25, 0.3) is 0 Å². The highest BCUT2D eigenvalue weighted by Gasteiger charge is 2.38. The maximum atomic E-state index is 11.9. The van der Waals surface area contributed by atoms with Gasteiger partial charge >= 0.3 is 5.97 Å². The lowest BCUT2D eigenvalue weighted by Crippen LogP contribution is -2.21. The summed E-state index contributed by atoms with van der Waals surface area (Å²) in [4.78, 5) is 17.1. The molecule has 2 atom stereocenters. The number of rotatable bonds is 17. The third kappa shape index (κ3) is 7.77. The molecule has 0 amide bonds. The number of ether oxygens (including phenoxy) is 2. The summed E-state index contributed by atoms with van der Waals surface area (Å²) >= 11 is 0. The van der Waals surface area contributed by atoms with Crippen LogP contribution in [-0.2, 0) is 4.74 Å². The van der Waals surface area contributed by atoms with Crippen LogP contribution in [0.2, 0.25) is 0 Å². The van der Waals surface area contributed by atoms with Crippen molar-refractivity contribution in [2.24, 2.45) is 16.8 Å². The Hall–Kier alpha value is -2.56. The Bertz CT molecular complexity index is 1070. The molecule has 0 spiro atoms. The van der Waals surface area contributed by atoms with E-state index in [2.05, 4.69) is 26.0 Å². The second kappa shape index (κ2) is 15.3. The van der Waals surface area contributed by atoms with Crippen molar-refractivity contribution >= 4 is 11.7 Å². The molecule has 4 rings (SSSR count). The molecule has 1 aliphatic heterocycles. The maximum Gasteiger partial charge on any atom is 0.374 e. The van der Waals surface area contributed by atoms with Crippen LogP contribution in [0.4, 0.5) is 0 Å². The number of unbranched alkanes of at least 4 members (excludes halogenated alkanes) is 10. The third-order valence-corrected chi connectivity index (χ3v) is 8.51. The molecule has 39 heavy (non-hydrogen) atoms. The zero-order valence-corrected chi connectivity index (χ0v) is 24.6. The molecule has 2 heterocycles. The zero-order chi connectivity index (χ0) is 27.5. The molecule has 0 saturated heterocycles. The Morgan fingerprint density at radius 3 is 2.33 bits per heavy atom. The van der Waals surface area contributed by atoms with Crippen molar-refractivity contribution in [1.29, 1.82) is 0 Å². The molecular weight excluding hydrogens is 486 g/mol. The first-order valence-electron chi connectivity index (χ1n) is 15.8. The number of nitrogens with zero attached hydrogens (tertiary/aromatic N) is 1. The molecule has 1 fully saturated rings. The molecule has 214 valence electrons. The lowest BCUT2D eigenvalue weighted by molar-refractivity contribution is 0.0559. The molecule has 3 aliphatic rings. The number of hydrogen-bond donors (Lipinski definition) is 0. The summed E-state index contributed by atoms with van der Waals surface area (Å²) in [7, 11) is 1.35. The fourth-order valence-electron chi connectivity index (χ4n) is 6.41. The molecule has 0 N–H and O–H groups in total. The van der Waals surface area contributed by atoms with Gasteiger partial charge in [-0.2, -0.15) is 0 Å². The van der Waals surface area contributed by atoms with Crippen LogP contribution >= 0.6 is 0 Å². The summed E-state index contributed by atoms with van der Waals surface area (Å²) in [5.41, 5.74) is 5.21. The minimum atomic E-state index is -0.506. The first-order chi connectivity index (χ1) is 19.2. The lowest BCUT2D eigenvalue weighted by Gasteiger charge is -2.29. The number of allylic oxidation sites excluding steroid dienone is 4. The molecular formula is C34H49NO4. The number of furan rings is 1. The Morgan fingerprint density at radius 2 is 1.62 bits per heavy atom. The first kappa shape index (κ1) is 29.4. The van der Waals surface area contributed by atoms with Gasteiger partial charge in [-0.05, 0) is 61.3 Å². The smallest absolute Gasteiger partial charge is 0.374 e. The summed E-state index contributed by atoms with van der Waals surface area (Å²) in [6.45, 7) is 4.56. The van der Waals surface area contributed by atoms with E-state index < -0.39 is 5.97 Å². The monoisotopic (exact) mass is 535 g/mol. The van der Waals surface area contributed by atoms with Crippen molar-refractivity contribution in [1.82, 2.24) is 0 Å². The highest BCUT2D eigenvalue weighted by Crippen LogP contribution is 2.47. The standard InChI is InChI=1S/C34H49NO4/c1-4-6-8-10-12-14-17-25-19-16-20-27-31(25)32-26(18-15-13-11-9-7-5-2)21-22-28(33(32)35-27)38-30-24-23-29(39-30)34(36)37-3/h21-26H,4-20H2,1-3H3. The van der Waals surface area contributed by atoms with Gasteiger partial charge in [0.25, 0.3) is 5.95 Å². The van der Waals surface area contributed by atoms with E-state index in [0.717, 1.165) is 24.3 Å². The van der Waals surface area contributed by atoms with E-state index in [1.165, 1.54) is 120 Å². The highest BCUT2D eigenvalue weighted by atomic mass is 16.6. The largest absolute Gasteiger partial charge is 0.463 e. The van der Waals surface area contributed by atoms with E-state index in [-0.39, 0.29) is 5.76 Å². The summed E-state index contributed by atoms with van der Waals surface area (Å²) < 4.78 is 16.6. The first-order valence-corrected chi connectivity index (χ1v) is 15.8. The molecule has 1 aromatic heterocycles. The van der Waals surface area contributed by atoms with E-state index in [4.69, 9.17) is 18.9 Å². The predicted molar refractivity (Wildman–Crippen MR) is 158 cm³/mol. The fourth-order valence-corrected chi connectivity index (χ4v) is 6.41. The quantitative estimate of drug-likeness (QED) is 0.147.